The van der Waals surface area contributed by atoms with E-state index in [2.05, 4.69) is 10.6 Å². The first kappa shape index (κ1) is 21.5. The topological polar surface area (TPSA) is 50.4 Å². The van der Waals surface area contributed by atoms with Gasteiger partial charge >= 0.3 is 6.18 Å². The van der Waals surface area contributed by atoms with Gasteiger partial charge in [-0.05, 0) is 38.8 Å². The fourth-order valence-electron chi connectivity index (χ4n) is 3.88. The molecule has 142 valence electrons. The van der Waals surface area contributed by atoms with Gasteiger partial charge in [-0.25, -0.2) is 0 Å². The van der Waals surface area contributed by atoms with Gasteiger partial charge in [0.05, 0.1) is 12.5 Å². The van der Waals surface area contributed by atoms with Crippen molar-refractivity contribution >= 4 is 18.3 Å². The van der Waals surface area contributed by atoms with Crippen LogP contribution in [0.5, 0.6) is 0 Å². The average molecular weight is 373 g/mol. The number of halogens is 4. The first-order valence-corrected chi connectivity index (χ1v) is 8.42. The molecule has 2 fully saturated rings. The number of ether oxygens (including phenoxy) is 1. The molecule has 1 saturated heterocycles. The highest BCUT2D eigenvalue weighted by atomic mass is 35.5. The van der Waals surface area contributed by atoms with Gasteiger partial charge in [0.2, 0.25) is 5.91 Å². The minimum atomic E-state index is -4.29. The molecule has 2 unspecified atom stereocenters. The molecule has 2 rings (SSSR count). The zero-order valence-corrected chi connectivity index (χ0v) is 14.9. The Morgan fingerprint density at radius 2 is 1.88 bits per heavy atom. The van der Waals surface area contributed by atoms with E-state index in [-0.39, 0.29) is 24.2 Å². The maximum absolute atomic E-state index is 13.1. The molecule has 1 amide bonds. The molecule has 2 N–H and O–H groups in total. The zero-order chi connectivity index (χ0) is 16.9. The summed E-state index contributed by atoms with van der Waals surface area (Å²) in [6.45, 7) is 2.59. The summed E-state index contributed by atoms with van der Waals surface area (Å²) >= 11 is 0. The Kier molecular flexibility index (Phi) is 8.29. The lowest BCUT2D eigenvalue weighted by Crippen LogP contribution is -2.50. The number of methoxy groups -OCH3 is 1. The van der Waals surface area contributed by atoms with Gasteiger partial charge in [-0.2, -0.15) is 13.2 Å². The van der Waals surface area contributed by atoms with Gasteiger partial charge in [-0.15, -0.1) is 12.4 Å². The van der Waals surface area contributed by atoms with Crippen molar-refractivity contribution in [3.05, 3.63) is 0 Å². The van der Waals surface area contributed by atoms with Crippen LogP contribution in [0.3, 0.4) is 0 Å². The van der Waals surface area contributed by atoms with Crippen LogP contribution in [0.4, 0.5) is 13.2 Å². The number of piperidine rings is 1. The first-order chi connectivity index (χ1) is 10.9. The molecule has 0 aromatic rings. The quantitative estimate of drug-likeness (QED) is 0.780. The molecule has 1 saturated carbocycles. The molecule has 1 aliphatic heterocycles. The van der Waals surface area contributed by atoms with E-state index in [4.69, 9.17) is 4.74 Å². The average Bonchev–Trinajstić information content (AvgIpc) is 2.53. The van der Waals surface area contributed by atoms with E-state index in [1.165, 1.54) is 0 Å². The van der Waals surface area contributed by atoms with E-state index in [9.17, 15) is 18.0 Å². The highest BCUT2D eigenvalue weighted by Crippen LogP contribution is 2.41. The molecule has 4 nitrogen and oxygen atoms in total. The van der Waals surface area contributed by atoms with E-state index in [1.54, 1.807) is 7.11 Å². The third kappa shape index (κ3) is 5.49. The molecule has 2 aliphatic rings. The summed E-state index contributed by atoms with van der Waals surface area (Å²) in [5.41, 5.74) is -0.169. The number of rotatable bonds is 5. The van der Waals surface area contributed by atoms with E-state index >= 15 is 0 Å². The molecule has 1 heterocycles. The third-order valence-corrected chi connectivity index (χ3v) is 5.28. The highest BCUT2D eigenvalue weighted by Gasteiger charge is 2.48. The number of hydrogen-bond acceptors (Lipinski definition) is 3. The largest absolute Gasteiger partial charge is 0.392 e. The third-order valence-electron chi connectivity index (χ3n) is 5.28. The van der Waals surface area contributed by atoms with Crippen LogP contribution in [0.2, 0.25) is 0 Å². The van der Waals surface area contributed by atoms with Gasteiger partial charge in [0, 0.05) is 25.0 Å². The summed E-state index contributed by atoms with van der Waals surface area (Å²) in [5, 5.41) is 6.06. The van der Waals surface area contributed by atoms with Crippen LogP contribution >= 0.6 is 12.4 Å². The summed E-state index contributed by atoms with van der Waals surface area (Å²) in [5.74, 6) is -2.88. The minimum absolute atomic E-state index is 0. The molecule has 8 heteroatoms. The number of nitrogens with one attached hydrogen (secondary N) is 2. The molecule has 24 heavy (non-hydrogen) atoms. The molecule has 2 atom stereocenters. The molecule has 0 aromatic heterocycles. The number of carbonyl (C=O) groups is 1. The SMILES string of the molecule is COCC1(CNC(=O)C2CCCCC2C(F)(F)F)CCNCC1.Cl. The molecular formula is C16H28ClF3N2O2. The van der Waals surface area contributed by atoms with E-state index in [0.29, 0.717) is 32.4 Å². The predicted octanol–water partition coefficient (Wildman–Crippen LogP) is 2.91. The van der Waals surface area contributed by atoms with Crippen molar-refractivity contribution in [1.82, 2.24) is 10.6 Å². The molecule has 0 bridgehead atoms. The Bertz CT molecular complexity index is 396. The Balaban J connectivity index is 0.00000288. The molecule has 0 aromatic carbocycles. The van der Waals surface area contributed by atoms with Gasteiger partial charge in [0.25, 0.3) is 0 Å². The lowest BCUT2D eigenvalue weighted by molar-refractivity contribution is -0.198. The van der Waals surface area contributed by atoms with Crippen LogP contribution in [0.1, 0.15) is 38.5 Å². The van der Waals surface area contributed by atoms with Crippen molar-refractivity contribution in [2.75, 3.05) is 33.4 Å². The maximum atomic E-state index is 13.1. The fourth-order valence-corrected chi connectivity index (χ4v) is 3.88. The van der Waals surface area contributed by atoms with Crippen molar-refractivity contribution in [2.24, 2.45) is 17.3 Å². The van der Waals surface area contributed by atoms with E-state index < -0.39 is 23.9 Å². The van der Waals surface area contributed by atoms with Gasteiger partial charge < -0.3 is 15.4 Å². The van der Waals surface area contributed by atoms with E-state index in [1.807, 2.05) is 0 Å². The molecule has 0 spiro atoms. The monoisotopic (exact) mass is 372 g/mol. The van der Waals surface area contributed by atoms with Crippen molar-refractivity contribution in [2.45, 2.75) is 44.7 Å². The van der Waals surface area contributed by atoms with Crippen LogP contribution in [-0.2, 0) is 9.53 Å². The van der Waals surface area contributed by atoms with Crippen LogP contribution in [-0.4, -0.2) is 45.4 Å². The van der Waals surface area contributed by atoms with Gasteiger partial charge in [0.1, 0.15) is 0 Å². The summed E-state index contributed by atoms with van der Waals surface area (Å²) < 4.78 is 44.7. The minimum Gasteiger partial charge on any atom is -0.384 e. The Morgan fingerprint density at radius 3 is 2.46 bits per heavy atom. The lowest BCUT2D eigenvalue weighted by atomic mass is 9.77. The summed E-state index contributed by atoms with van der Waals surface area (Å²) in [6.07, 6.45) is -0.945. The van der Waals surface area contributed by atoms with Gasteiger partial charge in [-0.3, -0.25) is 4.79 Å². The first-order valence-electron chi connectivity index (χ1n) is 8.42. The lowest BCUT2D eigenvalue weighted by Gasteiger charge is -2.38. The Morgan fingerprint density at radius 1 is 1.25 bits per heavy atom. The predicted molar refractivity (Wildman–Crippen MR) is 88.2 cm³/mol. The normalized spacial score (nSPS) is 27.2. The molecular weight excluding hydrogens is 345 g/mol. The number of carbonyl (C=O) groups excluding carboxylic acids is 1. The number of hydrogen-bond donors (Lipinski definition) is 2. The summed E-state index contributed by atoms with van der Waals surface area (Å²) in [6, 6.07) is 0. The summed E-state index contributed by atoms with van der Waals surface area (Å²) in [7, 11) is 1.62. The zero-order valence-electron chi connectivity index (χ0n) is 14.1. The summed E-state index contributed by atoms with van der Waals surface area (Å²) in [4.78, 5) is 12.4. The van der Waals surface area contributed by atoms with Crippen LogP contribution in [0, 0.1) is 17.3 Å². The van der Waals surface area contributed by atoms with Gasteiger partial charge in [-0.1, -0.05) is 12.8 Å². The van der Waals surface area contributed by atoms with Crippen LogP contribution in [0.15, 0.2) is 0 Å². The van der Waals surface area contributed by atoms with Crippen molar-refractivity contribution in [3.63, 3.8) is 0 Å². The van der Waals surface area contributed by atoms with Gasteiger partial charge in [0.15, 0.2) is 0 Å². The Labute approximate surface area is 147 Å². The smallest absolute Gasteiger partial charge is 0.384 e. The van der Waals surface area contributed by atoms with Crippen LogP contribution in [0.25, 0.3) is 0 Å². The molecule has 0 radical (unpaired) electrons. The highest BCUT2D eigenvalue weighted by molar-refractivity contribution is 5.85. The second-order valence-corrected chi connectivity index (χ2v) is 6.94. The number of amides is 1. The standard InChI is InChI=1S/C16H27F3N2O2.ClH/c1-23-11-15(6-8-20-9-7-15)10-21-14(22)12-4-2-3-5-13(12)16(17,18)19;/h12-13,20H,2-11H2,1H3,(H,21,22);1H. The van der Waals surface area contributed by atoms with Crippen molar-refractivity contribution in [3.8, 4) is 0 Å². The number of alkyl halides is 3. The van der Waals surface area contributed by atoms with Crippen molar-refractivity contribution < 1.29 is 22.7 Å². The maximum Gasteiger partial charge on any atom is 0.392 e. The second kappa shape index (κ2) is 9.25. The van der Waals surface area contributed by atoms with Crippen molar-refractivity contribution in [1.29, 1.82) is 0 Å². The second-order valence-electron chi connectivity index (χ2n) is 6.94. The van der Waals surface area contributed by atoms with Crippen LogP contribution < -0.4 is 10.6 Å². The van der Waals surface area contributed by atoms with E-state index in [0.717, 1.165) is 25.9 Å². The fraction of sp³-hybridized carbons (Fsp3) is 0.938. The Hall–Kier alpha value is -0.530. The molecule has 1 aliphatic carbocycles.